The molecule has 0 radical (unpaired) electrons. The highest BCUT2D eigenvalue weighted by molar-refractivity contribution is 6.01. The van der Waals surface area contributed by atoms with Gasteiger partial charge < -0.3 is 4.74 Å². The van der Waals surface area contributed by atoms with Gasteiger partial charge in [0.2, 0.25) is 0 Å². The van der Waals surface area contributed by atoms with Crippen LogP contribution in [0.25, 0.3) is 0 Å². The molecule has 0 spiro atoms. The smallest absolute Gasteiger partial charge is 0.355 e. The summed E-state index contributed by atoms with van der Waals surface area (Å²) in [5.41, 5.74) is -0.0579. The van der Waals surface area contributed by atoms with Gasteiger partial charge in [0.15, 0.2) is 11.6 Å². The van der Waals surface area contributed by atoms with Gasteiger partial charge in [0.25, 0.3) is 5.91 Å². The normalized spacial score (nSPS) is 10.3. The summed E-state index contributed by atoms with van der Waals surface area (Å²) in [6, 6.07) is 5.64. The molecule has 4 nitrogen and oxygen atoms in total. The monoisotopic (exact) mass is 265 g/mol. The van der Waals surface area contributed by atoms with E-state index in [1.54, 1.807) is 0 Å². The van der Waals surface area contributed by atoms with E-state index in [9.17, 15) is 18.4 Å². The van der Waals surface area contributed by atoms with E-state index in [-0.39, 0.29) is 11.3 Å². The molecule has 0 atom stereocenters. The molecular formula is C13H9F2NO3. The van der Waals surface area contributed by atoms with Crippen LogP contribution < -0.4 is 0 Å². The van der Waals surface area contributed by atoms with Crippen LogP contribution in [0, 0.1) is 11.6 Å². The first kappa shape index (κ1) is 12.9. The molecule has 0 amide bonds. The molecule has 0 aliphatic carbocycles. The van der Waals surface area contributed by atoms with Crippen LogP contribution in [0.3, 0.4) is 0 Å². The predicted molar refractivity (Wildman–Crippen MR) is 61.9 cm³/mol. The topological polar surface area (TPSA) is 48.3 Å². The number of hydrogen-bond donors (Lipinski definition) is 0. The first-order valence-corrected chi connectivity index (χ1v) is 5.30. The Kier molecular flexibility index (Phi) is 3.41. The standard InChI is InChI=1S/C13H9F2NO3/c1-19-13(18)11-3-2-6-16(11)12(17)8-4-5-9(14)10(15)7-8/h2-7H,1H3. The molecule has 1 aromatic carbocycles. The first-order chi connectivity index (χ1) is 9.04. The van der Waals surface area contributed by atoms with Crippen molar-refractivity contribution in [3.63, 3.8) is 0 Å². The van der Waals surface area contributed by atoms with Crippen LogP contribution in [0.5, 0.6) is 0 Å². The molecule has 6 heteroatoms. The van der Waals surface area contributed by atoms with Crippen LogP contribution in [0.1, 0.15) is 20.8 Å². The number of benzene rings is 1. The van der Waals surface area contributed by atoms with E-state index in [1.807, 2.05) is 0 Å². The second kappa shape index (κ2) is 5.01. The molecule has 2 aromatic rings. The summed E-state index contributed by atoms with van der Waals surface area (Å²) in [6.45, 7) is 0. The van der Waals surface area contributed by atoms with Crippen LogP contribution >= 0.6 is 0 Å². The zero-order valence-corrected chi connectivity index (χ0v) is 9.89. The maximum absolute atomic E-state index is 13.1. The Morgan fingerprint density at radius 2 is 1.89 bits per heavy atom. The van der Waals surface area contributed by atoms with E-state index < -0.39 is 23.5 Å². The number of halogens is 2. The van der Waals surface area contributed by atoms with Crippen molar-refractivity contribution in [1.82, 2.24) is 4.57 Å². The van der Waals surface area contributed by atoms with Crippen molar-refractivity contribution in [1.29, 1.82) is 0 Å². The van der Waals surface area contributed by atoms with Gasteiger partial charge >= 0.3 is 5.97 Å². The lowest BCUT2D eigenvalue weighted by molar-refractivity contribution is 0.0583. The van der Waals surface area contributed by atoms with Gasteiger partial charge in [-0.25, -0.2) is 13.6 Å². The fourth-order valence-corrected chi connectivity index (χ4v) is 1.60. The van der Waals surface area contributed by atoms with E-state index in [1.165, 1.54) is 25.4 Å². The van der Waals surface area contributed by atoms with Crippen molar-refractivity contribution in [3.05, 3.63) is 59.4 Å². The van der Waals surface area contributed by atoms with Crippen LogP contribution in [-0.2, 0) is 4.74 Å². The quantitative estimate of drug-likeness (QED) is 0.782. The molecule has 0 bridgehead atoms. The fourth-order valence-electron chi connectivity index (χ4n) is 1.60. The summed E-state index contributed by atoms with van der Waals surface area (Å²) < 4.78 is 31.4. The van der Waals surface area contributed by atoms with Crippen molar-refractivity contribution < 1.29 is 23.1 Å². The lowest BCUT2D eigenvalue weighted by Gasteiger charge is -2.06. The second-order valence-electron chi connectivity index (χ2n) is 3.69. The molecule has 0 saturated carbocycles. The maximum Gasteiger partial charge on any atom is 0.355 e. The predicted octanol–water partition coefficient (Wildman–Crippen LogP) is 2.24. The molecule has 0 aliphatic rings. The molecule has 0 aliphatic heterocycles. The van der Waals surface area contributed by atoms with Gasteiger partial charge in [-0.1, -0.05) is 0 Å². The van der Waals surface area contributed by atoms with Gasteiger partial charge in [0, 0.05) is 11.8 Å². The largest absolute Gasteiger partial charge is 0.464 e. The zero-order chi connectivity index (χ0) is 14.0. The Hall–Kier alpha value is -2.50. The highest BCUT2D eigenvalue weighted by Gasteiger charge is 2.18. The van der Waals surface area contributed by atoms with Crippen LogP contribution in [-0.4, -0.2) is 23.6 Å². The van der Waals surface area contributed by atoms with E-state index in [2.05, 4.69) is 4.74 Å². The van der Waals surface area contributed by atoms with Gasteiger partial charge in [0.1, 0.15) is 5.69 Å². The SMILES string of the molecule is COC(=O)c1cccn1C(=O)c1ccc(F)c(F)c1. The van der Waals surface area contributed by atoms with Crippen molar-refractivity contribution in [2.75, 3.05) is 7.11 Å². The summed E-state index contributed by atoms with van der Waals surface area (Å²) >= 11 is 0. The number of aromatic nitrogens is 1. The second-order valence-corrected chi connectivity index (χ2v) is 3.69. The van der Waals surface area contributed by atoms with Gasteiger partial charge in [-0.2, -0.15) is 0 Å². The number of methoxy groups -OCH3 is 1. The molecule has 0 saturated heterocycles. The minimum Gasteiger partial charge on any atom is -0.464 e. The van der Waals surface area contributed by atoms with Gasteiger partial charge in [-0.05, 0) is 30.3 Å². The van der Waals surface area contributed by atoms with E-state index in [0.29, 0.717) is 0 Å². The Labute approximate surface area is 107 Å². The Morgan fingerprint density at radius 1 is 1.16 bits per heavy atom. The van der Waals surface area contributed by atoms with E-state index in [0.717, 1.165) is 22.8 Å². The highest BCUT2D eigenvalue weighted by Crippen LogP contribution is 2.13. The highest BCUT2D eigenvalue weighted by atomic mass is 19.2. The third-order valence-electron chi connectivity index (χ3n) is 2.53. The molecule has 2 rings (SSSR count). The number of nitrogens with zero attached hydrogens (tertiary/aromatic N) is 1. The molecule has 1 aromatic heterocycles. The lowest BCUT2D eigenvalue weighted by atomic mass is 10.2. The minimum absolute atomic E-state index is 0.0113. The fraction of sp³-hybridized carbons (Fsp3) is 0.0769. The van der Waals surface area contributed by atoms with Crippen molar-refractivity contribution in [2.45, 2.75) is 0 Å². The van der Waals surface area contributed by atoms with Gasteiger partial charge in [-0.3, -0.25) is 9.36 Å². The van der Waals surface area contributed by atoms with Gasteiger partial charge in [-0.15, -0.1) is 0 Å². The Balaban J connectivity index is 2.42. The number of esters is 1. The molecule has 0 N–H and O–H groups in total. The maximum atomic E-state index is 13.1. The molecule has 1 heterocycles. The summed E-state index contributed by atoms with van der Waals surface area (Å²) in [5.74, 6) is -3.51. The number of ether oxygens (including phenoxy) is 1. The minimum atomic E-state index is -1.13. The Bertz CT molecular complexity index is 649. The third kappa shape index (κ3) is 2.37. The zero-order valence-electron chi connectivity index (χ0n) is 9.89. The molecule has 98 valence electrons. The average molecular weight is 265 g/mol. The summed E-state index contributed by atoms with van der Waals surface area (Å²) in [5, 5.41) is 0. The number of hydrogen-bond acceptors (Lipinski definition) is 3. The lowest BCUT2D eigenvalue weighted by Crippen LogP contribution is -2.18. The summed E-state index contributed by atoms with van der Waals surface area (Å²) in [7, 11) is 1.18. The molecular weight excluding hydrogens is 256 g/mol. The third-order valence-corrected chi connectivity index (χ3v) is 2.53. The number of carbonyl (C=O) groups is 2. The Morgan fingerprint density at radius 3 is 2.53 bits per heavy atom. The van der Waals surface area contributed by atoms with E-state index in [4.69, 9.17) is 0 Å². The first-order valence-electron chi connectivity index (χ1n) is 5.30. The number of rotatable bonds is 2. The van der Waals surface area contributed by atoms with Crippen molar-refractivity contribution in [3.8, 4) is 0 Å². The van der Waals surface area contributed by atoms with Gasteiger partial charge in [0.05, 0.1) is 7.11 Å². The van der Waals surface area contributed by atoms with Crippen LogP contribution in [0.15, 0.2) is 36.5 Å². The average Bonchev–Trinajstić information content (AvgIpc) is 2.89. The molecule has 19 heavy (non-hydrogen) atoms. The summed E-state index contributed by atoms with van der Waals surface area (Å²) in [6.07, 6.45) is 1.34. The molecule has 0 fully saturated rings. The van der Waals surface area contributed by atoms with Crippen molar-refractivity contribution >= 4 is 11.9 Å². The summed E-state index contributed by atoms with van der Waals surface area (Å²) in [4.78, 5) is 23.5. The number of carbonyl (C=O) groups excluding carboxylic acids is 2. The van der Waals surface area contributed by atoms with Crippen LogP contribution in [0.4, 0.5) is 8.78 Å². The van der Waals surface area contributed by atoms with Crippen LogP contribution in [0.2, 0.25) is 0 Å². The molecule has 0 unspecified atom stereocenters. The van der Waals surface area contributed by atoms with Crippen molar-refractivity contribution in [2.24, 2.45) is 0 Å². The van der Waals surface area contributed by atoms with E-state index >= 15 is 0 Å².